The molecule has 2 N–H and O–H groups in total. The lowest BCUT2D eigenvalue weighted by molar-refractivity contribution is 0.322. The van der Waals surface area contributed by atoms with Crippen LogP contribution in [0.5, 0.6) is 17.2 Å². The lowest BCUT2D eigenvalue weighted by atomic mass is 10.1. The zero-order chi connectivity index (χ0) is 17.5. The predicted octanol–water partition coefficient (Wildman–Crippen LogP) is 2.84. The third-order valence-corrected chi connectivity index (χ3v) is 4.21. The molecule has 0 aromatic heterocycles. The zero-order valence-corrected chi connectivity index (χ0v) is 18.0. The van der Waals surface area contributed by atoms with E-state index in [2.05, 4.69) is 29.5 Å². The van der Waals surface area contributed by atoms with E-state index in [9.17, 15) is 0 Å². The van der Waals surface area contributed by atoms with Gasteiger partial charge in [-0.25, -0.2) is 0 Å². The Morgan fingerprint density at radius 1 is 1.16 bits per heavy atom. The largest absolute Gasteiger partial charge is 0.493 e. The first-order valence-corrected chi connectivity index (χ1v) is 8.47. The maximum Gasteiger partial charge on any atom is 0.203 e. The zero-order valence-electron chi connectivity index (χ0n) is 15.7. The van der Waals surface area contributed by atoms with Crippen molar-refractivity contribution < 1.29 is 14.2 Å². The summed E-state index contributed by atoms with van der Waals surface area (Å²) in [4.78, 5) is 4.66. The monoisotopic (exact) mass is 463 g/mol. The molecule has 0 saturated heterocycles. The van der Waals surface area contributed by atoms with Crippen LogP contribution in [0.15, 0.2) is 17.1 Å². The molecule has 0 spiro atoms. The number of nitrogens with zero attached hydrogens (tertiary/aromatic N) is 1. The van der Waals surface area contributed by atoms with Gasteiger partial charge in [-0.2, -0.15) is 0 Å². The van der Waals surface area contributed by atoms with Gasteiger partial charge >= 0.3 is 0 Å². The fraction of sp³-hybridized carbons (Fsp3) is 0.611. The topological polar surface area (TPSA) is 64.1 Å². The standard InChI is InChI=1S/C18H29N3O3.HI/c1-6-19-18(21-14-11-12(14)2)20-10-9-13-7-8-15(22-3)17(24-5)16(13)23-4;/h7-8,12,14H,6,9-11H2,1-5H3,(H2,19,20,21);1H. The SMILES string of the molecule is CCNC(=NCCc1ccc(OC)c(OC)c1OC)NC1CC1C.I. The molecule has 0 radical (unpaired) electrons. The number of hydrogen-bond acceptors (Lipinski definition) is 4. The number of aliphatic imine (C=N–C) groups is 1. The van der Waals surface area contributed by atoms with Crippen molar-refractivity contribution >= 4 is 29.9 Å². The maximum absolute atomic E-state index is 5.52. The summed E-state index contributed by atoms with van der Waals surface area (Å²) in [5.41, 5.74) is 1.05. The number of guanidine groups is 1. The quantitative estimate of drug-likeness (QED) is 0.353. The molecule has 1 aromatic carbocycles. The van der Waals surface area contributed by atoms with Gasteiger partial charge in [-0.3, -0.25) is 4.99 Å². The smallest absolute Gasteiger partial charge is 0.203 e. The van der Waals surface area contributed by atoms with E-state index in [4.69, 9.17) is 14.2 Å². The summed E-state index contributed by atoms with van der Waals surface area (Å²) in [5, 5.41) is 6.75. The summed E-state index contributed by atoms with van der Waals surface area (Å²) in [6.07, 6.45) is 1.98. The summed E-state index contributed by atoms with van der Waals surface area (Å²) in [5.74, 6) is 3.62. The van der Waals surface area contributed by atoms with Crippen molar-refractivity contribution in [2.75, 3.05) is 34.4 Å². The number of ether oxygens (including phenoxy) is 3. The highest BCUT2D eigenvalue weighted by atomic mass is 127. The van der Waals surface area contributed by atoms with E-state index in [-0.39, 0.29) is 24.0 Å². The average molecular weight is 463 g/mol. The van der Waals surface area contributed by atoms with Crippen molar-refractivity contribution in [2.45, 2.75) is 32.7 Å². The minimum atomic E-state index is 0. The highest BCUT2D eigenvalue weighted by Crippen LogP contribution is 2.39. The molecule has 1 fully saturated rings. The molecule has 2 atom stereocenters. The lowest BCUT2D eigenvalue weighted by Gasteiger charge is -2.15. The Kier molecular flexibility index (Phi) is 9.16. The van der Waals surface area contributed by atoms with Gasteiger partial charge in [0.25, 0.3) is 0 Å². The molecule has 1 aliphatic carbocycles. The molecule has 1 aromatic rings. The Balaban J connectivity index is 0.00000312. The minimum Gasteiger partial charge on any atom is -0.493 e. The molecule has 1 aliphatic rings. The number of rotatable bonds is 8. The van der Waals surface area contributed by atoms with E-state index in [1.54, 1.807) is 21.3 Å². The van der Waals surface area contributed by atoms with Crippen LogP contribution in [0.25, 0.3) is 0 Å². The Hall–Kier alpha value is -1.38. The Labute approximate surface area is 167 Å². The van der Waals surface area contributed by atoms with Crippen molar-refractivity contribution in [3.05, 3.63) is 17.7 Å². The molecule has 7 heteroatoms. The minimum absolute atomic E-state index is 0. The summed E-state index contributed by atoms with van der Waals surface area (Å²) in [6.45, 7) is 5.84. The van der Waals surface area contributed by atoms with E-state index in [0.717, 1.165) is 30.4 Å². The van der Waals surface area contributed by atoms with Gasteiger partial charge in [0.1, 0.15) is 0 Å². The van der Waals surface area contributed by atoms with E-state index in [0.29, 0.717) is 29.8 Å². The molecule has 142 valence electrons. The van der Waals surface area contributed by atoms with Gasteiger partial charge in [0.05, 0.1) is 21.3 Å². The first kappa shape index (κ1) is 21.7. The van der Waals surface area contributed by atoms with Crippen LogP contribution in [0.4, 0.5) is 0 Å². The Bertz CT molecular complexity index is 581. The van der Waals surface area contributed by atoms with Crippen LogP contribution in [0.3, 0.4) is 0 Å². The highest BCUT2D eigenvalue weighted by molar-refractivity contribution is 14.0. The molecule has 0 bridgehead atoms. The average Bonchev–Trinajstić information content (AvgIpc) is 3.28. The van der Waals surface area contributed by atoms with Crippen LogP contribution in [0.1, 0.15) is 25.8 Å². The van der Waals surface area contributed by atoms with Crippen molar-refractivity contribution in [3.63, 3.8) is 0 Å². The van der Waals surface area contributed by atoms with E-state index in [1.165, 1.54) is 6.42 Å². The molecule has 0 aliphatic heterocycles. The van der Waals surface area contributed by atoms with Crippen molar-refractivity contribution in [2.24, 2.45) is 10.9 Å². The number of halogens is 1. The second-order valence-electron chi connectivity index (χ2n) is 5.97. The fourth-order valence-corrected chi connectivity index (χ4v) is 2.67. The Morgan fingerprint density at radius 3 is 2.36 bits per heavy atom. The third kappa shape index (κ3) is 5.83. The van der Waals surface area contributed by atoms with Gasteiger partial charge in [0.15, 0.2) is 17.5 Å². The molecule has 0 heterocycles. The molecule has 0 amide bonds. The first-order valence-electron chi connectivity index (χ1n) is 8.47. The molecule has 2 rings (SSSR count). The van der Waals surface area contributed by atoms with Crippen molar-refractivity contribution in [1.82, 2.24) is 10.6 Å². The first-order chi connectivity index (χ1) is 11.6. The molecule has 1 saturated carbocycles. The van der Waals surface area contributed by atoms with E-state index >= 15 is 0 Å². The lowest BCUT2D eigenvalue weighted by Crippen LogP contribution is -2.39. The molecule has 2 unspecified atom stereocenters. The summed E-state index contributed by atoms with van der Waals surface area (Å²) < 4.78 is 16.3. The van der Waals surface area contributed by atoms with Crippen molar-refractivity contribution in [3.8, 4) is 17.2 Å². The van der Waals surface area contributed by atoms with Crippen LogP contribution in [0, 0.1) is 5.92 Å². The number of hydrogen-bond donors (Lipinski definition) is 2. The van der Waals surface area contributed by atoms with E-state index < -0.39 is 0 Å². The third-order valence-electron chi connectivity index (χ3n) is 4.21. The second kappa shape index (κ2) is 10.6. The second-order valence-corrected chi connectivity index (χ2v) is 5.97. The van der Waals surface area contributed by atoms with Crippen LogP contribution in [-0.4, -0.2) is 46.4 Å². The van der Waals surface area contributed by atoms with E-state index in [1.807, 2.05) is 12.1 Å². The van der Waals surface area contributed by atoms with Gasteiger partial charge in [-0.1, -0.05) is 13.0 Å². The summed E-state index contributed by atoms with van der Waals surface area (Å²) >= 11 is 0. The highest BCUT2D eigenvalue weighted by Gasteiger charge is 2.33. The molecule has 25 heavy (non-hydrogen) atoms. The van der Waals surface area contributed by atoms with Gasteiger partial charge in [-0.15, -0.1) is 24.0 Å². The van der Waals surface area contributed by atoms with Crippen molar-refractivity contribution in [1.29, 1.82) is 0 Å². The number of benzene rings is 1. The molecular weight excluding hydrogens is 433 g/mol. The van der Waals surface area contributed by atoms with Crippen LogP contribution >= 0.6 is 24.0 Å². The Morgan fingerprint density at radius 2 is 1.84 bits per heavy atom. The van der Waals surface area contributed by atoms with Gasteiger partial charge in [0.2, 0.25) is 5.75 Å². The van der Waals surface area contributed by atoms with Crippen LogP contribution in [-0.2, 0) is 6.42 Å². The van der Waals surface area contributed by atoms with Gasteiger partial charge in [-0.05, 0) is 31.7 Å². The number of nitrogens with one attached hydrogen (secondary N) is 2. The van der Waals surface area contributed by atoms with Crippen LogP contribution in [0.2, 0.25) is 0 Å². The summed E-state index contributed by atoms with van der Waals surface area (Å²) in [6, 6.07) is 4.45. The predicted molar refractivity (Wildman–Crippen MR) is 112 cm³/mol. The number of methoxy groups -OCH3 is 3. The maximum atomic E-state index is 5.52. The van der Waals surface area contributed by atoms with Gasteiger partial charge in [0, 0.05) is 24.7 Å². The van der Waals surface area contributed by atoms with Gasteiger partial charge < -0.3 is 24.8 Å². The normalized spacial score (nSPS) is 18.8. The molecule has 6 nitrogen and oxygen atoms in total. The van der Waals surface area contributed by atoms with Crippen LogP contribution < -0.4 is 24.8 Å². The fourth-order valence-electron chi connectivity index (χ4n) is 2.67. The molecular formula is C18H30IN3O3. The summed E-state index contributed by atoms with van der Waals surface area (Å²) in [7, 11) is 4.88.